The van der Waals surface area contributed by atoms with Gasteiger partial charge in [0.05, 0.1) is 0 Å². The Kier molecular flexibility index (Phi) is 3.96. The van der Waals surface area contributed by atoms with Crippen LogP contribution in [0.1, 0.15) is 39.5 Å². The third kappa shape index (κ3) is 3.19. The van der Waals surface area contributed by atoms with Crippen LogP contribution in [0.4, 0.5) is 0 Å². The quantitative estimate of drug-likeness (QED) is 0.384. The minimum Gasteiger partial charge on any atom is -0.293 e. The van der Waals surface area contributed by atoms with E-state index < -0.39 is 0 Å². The van der Waals surface area contributed by atoms with Gasteiger partial charge in [0.15, 0.2) is 0 Å². The zero-order chi connectivity index (χ0) is 9.68. The van der Waals surface area contributed by atoms with E-state index in [1.165, 1.54) is 12.8 Å². The average molecular weight is 184 g/mol. The summed E-state index contributed by atoms with van der Waals surface area (Å²) >= 11 is 0. The molecule has 0 spiro atoms. The molecule has 0 aliphatic heterocycles. The average Bonchev–Trinajstić information content (AvgIpc) is 2.65. The highest BCUT2D eigenvalue weighted by Crippen LogP contribution is 2.21. The Balaban J connectivity index is 2.21. The highest BCUT2D eigenvalue weighted by molar-refractivity contribution is 5.87. The second-order valence-electron chi connectivity index (χ2n) is 3.35. The van der Waals surface area contributed by atoms with Gasteiger partial charge in [-0.25, -0.2) is 4.79 Å². The van der Waals surface area contributed by atoms with E-state index in [0.717, 1.165) is 12.8 Å². The van der Waals surface area contributed by atoms with Crippen LogP contribution in [-0.4, -0.2) is 12.1 Å². The zero-order valence-corrected chi connectivity index (χ0v) is 8.21. The SMILES string of the molecule is CC=C(C)C(=O)OOC1CCCC1. The van der Waals surface area contributed by atoms with Crippen LogP contribution < -0.4 is 0 Å². The van der Waals surface area contributed by atoms with Gasteiger partial charge in [0.25, 0.3) is 0 Å². The number of carbonyl (C=O) groups is 1. The molecule has 0 amide bonds. The Morgan fingerprint density at radius 2 is 2.00 bits per heavy atom. The van der Waals surface area contributed by atoms with Gasteiger partial charge in [0.2, 0.25) is 0 Å². The second-order valence-corrected chi connectivity index (χ2v) is 3.35. The van der Waals surface area contributed by atoms with Crippen molar-refractivity contribution in [1.29, 1.82) is 0 Å². The summed E-state index contributed by atoms with van der Waals surface area (Å²) in [6.07, 6.45) is 6.17. The summed E-state index contributed by atoms with van der Waals surface area (Å²) in [7, 11) is 0. The van der Waals surface area contributed by atoms with Crippen molar-refractivity contribution in [2.75, 3.05) is 0 Å². The first-order chi connectivity index (χ1) is 6.24. The van der Waals surface area contributed by atoms with Crippen LogP contribution in [-0.2, 0) is 14.6 Å². The summed E-state index contributed by atoms with van der Waals surface area (Å²) in [6, 6.07) is 0. The number of allylic oxidation sites excluding steroid dienone is 1. The molecule has 1 aliphatic carbocycles. The highest BCUT2D eigenvalue weighted by atomic mass is 17.2. The van der Waals surface area contributed by atoms with Crippen molar-refractivity contribution in [3.05, 3.63) is 11.6 Å². The lowest BCUT2D eigenvalue weighted by Gasteiger charge is -2.08. The molecule has 0 aromatic carbocycles. The molecule has 13 heavy (non-hydrogen) atoms. The van der Waals surface area contributed by atoms with E-state index in [2.05, 4.69) is 4.89 Å². The molecule has 0 aromatic heterocycles. The van der Waals surface area contributed by atoms with Gasteiger partial charge in [0, 0.05) is 5.57 Å². The van der Waals surface area contributed by atoms with E-state index in [9.17, 15) is 4.79 Å². The van der Waals surface area contributed by atoms with Gasteiger partial charge >= 0.3 is 5.97 Å². The molecular weight excluding hydrogens is 168 g/mol. The van der Waals surface area contributed by atoms with E-state index in [4.69, 9.17) is 4.89 Å². The van der Waals surface area contributed by atoms with E-state index in [1.54, 1.807) is 19.9 Å². The molecule has 1 aliphatic rings. The van der Waals surface area contributed by atoms with E-state index in [-0.39, 0.29) is 12.1 Å². The largest absolute Gasteiger partial charge is 0.368 e. The van der Waals surface area contributed by atoms with Crippen LogP contribution in [0, 0.1) is 0 Å². The molecule has 0 N–H and O–H groups in total. The molecule has 0 aromatic rings. The van der Waals surface area contributed by atoms with E-state index in [1.807, 2.05) is 0 Å². The van der Waals surface area contributed by atoms with Crippen molar-refractivity contribution in [3.63, 3.8) is 0 Å². The highest BCUT2D eigenvalue weighted by Gasteiger charge is 2.18. The van der Waals surface area contributed by atoms with Gasteiger partial charge < -0.3 is 0 Å². The predicted octanol–water partition coefficient (Wildman–Crippen LogP) is 2.37. The van der Waals surface area contributed by atoms with E-state index in [0.29, 0.717) is 5.57 Å². The summed E-state index contributed by atoms with van der Waals surface area (Å²) in [5, 5.41) is 0. The first kappa shape index (κ1) is 10.3. The first-order valence-corrected chi connectivity index (χ1v) is 4.74. The van der Waals surface area contributed by atoms with E-state index >= 15 is 0 Å². The predicted molar refractivity (Wildman–Crippen MR) is 48.9 cm³/mol. The van der Waals surface area contributed by atoms with Crippen LogP contribution in [0.15, 0.2) is 11.6 Å². The van der Waals surface area contributed by atoms with Crippen molar-refractivity contribution in [2.45, 2.75) is 45.6 Å². The summed E-state index contributed by atoms with van der Waals surface area (Å²) < 4.78 is 0. The van der Waals surface area contributed by atoms with Gasteiger partial charge in [-0.2, -0.15) is 4.89 Å². The van der Waals surface area contributed by atoms with Crippen molar-refractivity contribution in [2.24, 2.45) is 0 Å². The van der Waals surface area contributed by atoms with Crippen LogP contribution in [0.2, 0.25) is 0 Å². The number of carbonyl (C=O) groups excluding carboxylic acids is 1. The Labute approximate surface area is 78.6 Å². The molecule has 1 rings (SSSR count). The Morgan fingerprint density at radius 1 is 1.38 bits per heavy atom. The maximum absolute atomic E-state index is 11.1. The third-order valence-electron chi connectivity index (χ3n) is 2.32. The van der Waals surface area contributed by atoms with Crippen molar-refractivity contribution in [3.8, 4) is 0 Å². The van der Waals surface area contributed by atoms with Crippen molar-refractivity contribution < 1.29 is 14.6 Å². The number of hydrogen-bond donors (Lipinski definition) is 0. The molecule has 0 radical (unpaired) electrons. The van der Waals surface area contributed by atoms with Gasteiger partial charge in [0.1, 0.15) is 6.10 Å². The number of rotatable bonds is 3. The van der Waals surface area contributed by atoms with Crippen LogP contribution in [0.25, 0.3) is 0 Å². The van der Waals surface area contributed by atoms with Gasteiger partial charge in [-0.05, 0) is 26.7 Å². The summed E-state index contributed by atoms with van der Waals surface area (Å²) in [4.78, 5) is 20.8. The molecule has 74 valence electrons. The second kappa shape index (κ2) is 5.02. The lowest BCUT2D eigenvalue weighted by molar-refractivity contribution is -0.293. The summed E-state index contributed by atoms with van der Waals surface area (Å²) in [5.74, 6) is -0.380. The Morgan fingerprint density at radius 3 is 2.54 bits per heavy atom. The lowest BCUT2D eigenvalue weighted by atomic mass is 10.3. The minimum atomic E-state index is -0.380. The normalized spacial score (nSPS) is 19.1. The molecular formula is C10H16O3. The molecule has 0 atom stereocenters. The fourth-order valence-corrected chi connectivity index (χ4v) is 1.28. The molecule has 1 fully saturated rings. The molecule has 0 unspecified atom stereocenters. The smallest absolute Gasteiger partial charge is 0.293 e. The fraction of sp³-hybridized carbons (Fsp3) is 0.700. The molecule has 1 saturated carbocycles. The Hall–Kier alpha value is -0.830. The Bertz CT molecular complexity index is 202. The maximum Gasteiger partial charge on any atom is 0.368 e. The molecule has 3 heteroatoms. The monoisotopic (exact) mass is 184 g/mol. The maximum atomic E-state index is 11.1. The molecule has 0 heterocycles. The van der Waals surface area contributed by atoms with Crippen molar-refractivity contribution >= 4 is 5.97 Å². The number of hydrogen-bond acceptors (Lipinski definition) is 3. The van der Waals surface area contributed by atoms with Crippen LogP contribution in [0.5, 0.6) is 0 Å². The standard InChI is InChI=1S/C10H16O3/c1-3-8(2)10(11)13-12-9-6-4-5-7-9/h3,9H,4-7H2,1-2H3. The minimum absolute atomic E-state index is 0.119. The van der Waals surface area contributed by atoms with Crippen molar-refractivity contribution in [1.82, 2.24) is 0 Å². The fourth-order valence-electron chi connectivity index (χ4n) is 1.28. The lowest BCUT2D eigenvalue weighted by Crippen LogP contribution is -2.13. The molecule has 0 saturated heterocycles. The molecule has 3 nitrogen and oxygen atoms in total. The van der Waals surface area contributed by atoms with Crippen LogP contribution >= 0.6 is 0 Å². The topological polar surface area (TPSA) is 35.5 Å². The van der Waals surface area contributed by atoms with Gasteiger partial charge in [-0.15, -0.1) is 0 Å². The first-order valence-electron chi connectivity index (χ1n) is 4.74. The van der Waals surface area contributed by atoms with Gasteiger partial charge in [-0.1, -0.05) is 18.9 Å². The summed E-state index contributed by atoms with van der Waals surface area (Å²) in [5.41, 5.74) is 0.581. The third-order valence-corrected chi connectivity index (χ3v) is 2.32. The summed E-state index contributed by atoms with van der Waals surface area (Å²) in [6.45, 7) is 3.51. The molecule has 0 bridgehead atoms. The van der Waals surface area contributed by atoms with Gasteiger partial charge in [-0.3, -0.25) is 4.89 Å². The van der Waals surface area contributed by atoms with Crippen LogP contribution in [0.3, 0.4) is 0 Å². The zero-order valence-electron chi connectivity index (χ0n) is 8.21.